The van der Waals surface area contributed by atoms with Gasteiger partial charge in [-0.25, -0.2) is 9.78 Å². The molecule has 0 fully saturated rings. The van der Waals surface area contributed by atoms with Gasteiger partial charge in [0.1, 0.15) is 11.7 Å². The van der Waals surface area contributed by atoms with Gasteiger partial charge in [0.15, 0.2) is 0 Å². The molecule has 0 spiro atoms. The van der Waals surface area contributed by atoms with Crippen LogP contribution in [0.1, 0.15) is 35.6 Å². The largest absolute Gasteiger partial charge is 0.468 e. The third-order valence-electron chi connectivity index (χ3n) is 6.25. The molecule has 7 nitrogen and oxygen atoms in total. The van der Waals surface area contributed by atoms with E-state index in [-0.39, 0.29) is 17.6 Å². The van der Waals surface area contributed by atoms with E-state index >= 15 is 0 Å². The van der Waals surface area contributed by atoms with Crippen LogP contribution in [0.2, 0.25) is 0 Å². The first-order valence-electron chi connectivity index (χ1n) is 11.8. The summed E-state index contributed by atoms with van der Waals surface area (Å²) in [6, 6.07) is 19.8. The lowest BCUT2D eigenvalue weighted by Crippen LogP contribution is -2.42. The Hall–Kier alpha value is -3.71. The van der Waals surface area contributed by atoms with Crippen molar-refractivity contribution in [3.05, 3.63) is 77.6 Å². The minimum absolute atomic E-state index is 0.0707. The fraction of sp³-hybridized carbons (Fsp3) is 0.321. The summed E-state index contributed by atoms with van der Waals surface area (Å²) in [6.07, 6.45) is 0.520. The summed E-state index contributed by atoms with van der Waals surface area (Å²) < 4.78 is 12.2. The summed E-state index contributed by atoms with van der Waals surface area (Å²) in [5, 5.41) is 5.31. The molecule has 7 heteroatoms. The van der Waals surface area contributed by atoms with Crippen LogP contribution in [0.3, 0.4) is 0 Å². The van der Waals surface area contributed by atoms with Crippen LogP contribution >= 0.6 is 0 Å². The third kappa shape index (κ3) is 5.05. The van der Waals surface area contributed by atoms with Crippen LogP contribution < -0.4 is 5.32 Å². The van der Waals surface area contributed by atoms with E-state index in [1.54, 1.807) is 0 Å². The summed E-state index contributed by atoms with van der Waals surface area (Å²) in [5.74, 6) is -0.698. The number of aromatic nitrogens is 2. The first kappa shape index (κ1) is 24.4. The van der Waals surface area contributed by atoms with E-state index in [2.05, 4.69) is 34.1 Å². The van der Waals surface area contributed by atoms with Gasteiger partial charge in [-0.1, -0.05) is 62.4 Å². The molecule has 0 saturated carbocycles. The number of nitrogens with zero attached hydrogens (tertiary/aromatic N) is 2. The molecule has 2 aromatic heterocycles. The highest BCUT2D eigenvalue weighted by molar-refractivity contribution is 6.10. The Kier molecular flexibility index (Phi) is 7.46. The van der Waals surface area contributed by atoms with Crippen molar-refractivity contribution in [1.82, 2.24) is 14.9 Å². The highest BCUT2D eigenvalue weighted by Gasteiger charge is 2.23. The number of hydrogen-bond donors (Lipinski definition) is 1. The number of fused-ring (bicyclic) bond motifs is 3. The molecule has 35 heavy (non-hydrogen) atoms. The van der Waals surface area contributed by atoms with E-state index in [1.165, 1.54) is 19.8 Å². The lowest BCUT2D eigenvalue weighted by Gasteiger charge is -2.20. The van der Waals surface area contributed by atoms with Crippen LogP contribution in [0.25, 0.3) is 21.8 Å². The summed E-state index contributed by atoms with van der Waals surface area (Å²) in [7, 11) is 2.75. The predicted octanol–water partition coefficient (Wildman–Crippen LogP) is 4.35. The van der Waals surface area contributed by atoms with Crippen molar-refractivity contribution < 1.29 is 19.1 Å². The van der Waals surface area contributed by atoms with E-state index in [4.69, 9.17) is 14.5 Å². The first-order chi connectivity index (χ1) is 16.9. The standard InChI is InChI=1S/C28H31N3O4/c1-18(2)25(28(33)35-4)29-15-14-22-26-21(16-23(30-22)27(32)34-3)20-12-8-9-13-24(20)31(26)17-19-10-6-5-7-11-19/h5-13,16,18,25,29H,14-15,17H2,1-4H3/t25-/m0/s1. The zero-order valence-electron chi connectivity index (χ0n) is 20.6. The molecule has 2 heterocycles. The molecule has 1 N–H and O–H groups in total. The molecule has 0 bridgehead atoms. The predicted molar refractivity (Wildman–Crippen MR) is 136 cm³/mol. The summed E-state index contributed by atoms with van der Waals surface area (Å²) >= 11 is 0. The number of esters is 2. The Morgan fingerprint density at radius 1 is 0.971 bits per heavy atom. The van der Waals surface area contributed by atoms with Crippen LogP contribution in [-0.2, 0) is 27.2 Å². The lowest BCUT2D eigenvalue weighted by atomic mass is 10.0. The number of para-hydroxylation sites is 1. The minimum atomic E-state index is -0.476. The Balaban J connectivity index is 1.82. The number of ether oxygens (including phenoxy) is 2. The van der Waals surface area contributed by atoms with Gasteiger partial charge in [-0.2, -0.15) is 0 Å². The third-order valence-corrected chi connectivity index (χ3v) is 6.25. The number of pyridine rings is 1. The van der Waals surface area contributed by atoms with Gasteiger partial charge in [0.2, 0.25) is 0 Å². The summed E-state index contributed by atoms with van der Waals surface area (Å²) in [4.78, 5) is 29.4. The van der Waals surface area contributed by atoms with Gasteiger partial charge in [-0.3, -0.25) is 4.79 Å². The normalized spacial score (nSPS) is 12.3. The second kappa shape index (κ2) is 10.7. The van der Waals surface area contributed by atoms with Gasteiger partial charge in [0, 0.05) is 35.8 Å². The Morgan fingerprint density at radius 2 is 1.69 bits per heavy atom. The summed E-state index contributed by atoms with van der Waals surface area (Å²) in [6.45, 7) is 5.11. The molecule has 182 valence electrons. The second-order valence-corrected chi connectivity index (χ2v) is 8.88. The fourth-order valence-corrected chi connectivity index (χ4v) is 4.53. The lowest BCUT2D eigenvalue weighted by molar-refractivity contribution is -0.144. The van der Waals surface area contributed by atoms with Crippen LogP contribution in [0.15, 0.2) is 60.7 Å². The van der Waals surface area contributed by atoms with Crippen LogP contribution in [0, 0.1) is 5.92 Å². The Bertz CT molecular complexity index is 1340. The maximum absolute atomic E-state index is 12.5. The van der Waals surface area contributed by atoms with Crippen molar-refractivity contribution in [1.29, 1.82) is 0 Å². The molecule has 0 aliphatic heterocycles. The van der Waals surface area contributed by atoms with E-state index < -0.39 is 12.0 Å². The smallest absolute Gasteiger partial charge is 0.356 e. The summed E-state index contributed by atoms with van der Waals surface area (Å²) in [5.41, 5.74) is 4.25. The van der Waals surface area contributed by atoms with E-state index in [9.17, 15) is 9.59 Å². The zero-order valence-corrected chi connectivity index (χ0v) is 20.6. The average molecular weight is 474 g/mol. The monoisotopic (exact) mass is 473 g/mol. The van der Waals surface area contributed by atoms with Gasteiger partial charge in [0.05, 0.1) is 25.4 Å². The van der Waals surface area contributed by atoms with Crippen molar-refractivity contribution in [2.75, 3.05) is 20.8 Å². The van der Waals surface area contributed by atoms with Gasteiger partial charge in [-0.15, -0.1) is 0 Å². The maximum Gasteiger partial charge on any atom is 0.356 e. The van der Waals surface area contributed by atoms with Crippen LogP contribution in [0.4, 0.5) is 0 Å². The first-order valence-corrected chi connectivity index (χ1v) is 11.8. The molecule has 4 rings (SSSR count). The van der Waals surface area contributed by atoms with Crippen LogP contribution in [-0.4, -0.2) is 48.3 Å². The topological polar surface area (TPSA) is 82.5 Å². The molecule has 1 atom stereocenters. The van der Waals surface area contributed by atoms with Crippen molar-refractivity contribution in [2.24, 2.45) is 5.92 Å². The Labute approximate surface area is 205 Å². The van der Waals surface area contributed by atoms with E-state index in [0.29, 0.717) is 19.5 Å². The molecule has 0 aliphatic carbocycles. The molecule has 2 aromatic carbocycles. The molecule has 0 saturated heterocycles. The zero-order chi connectivity index (χ0) is 24.9. The van der Waals surface area contributed by atoms with Crippen LogP contribution in [0.5, 0.6) is 0 Å². The number of nitrogens with one attached hydrogen (secondary N) is 1. The molecular weight excluding hydrogens is 442 g/mol. The highest BCUT2D eigenvalue weighted by atomic mass is 16.5. The van der Waals surface area contributed by atoms with Crippen molar-refractivity contribution in [2.45, 2.75) is 32.9 Å². The molecule has 0 unspecified atom stereocenters. The van der Waals surface area contributed by atoms with Crippen molar-refractivity contribution in [3.63, 3.8) is 0 Å². The van der Waals surface area contributed by atoms with E-state index in [0.717, 1.165) is 27.5 Å². The molecular formula is C28H31N3O4. The maximum atomic E-state index is 12.5. The number of hydrogen-bond acceptors (Lipinski definition) is 6. The number of rotatable bonds is 9. The van der Waals surface area contributed by atoms with Crippen molar-refractivity contribution >= 4 is 33.7 Å². The van der Waals surface area contributed by atoms with Gasteiger partial charge >= 0.3 is 11.9 Å². The average Bonchev–Trinajstić information content (AvgIpc) is 3.19. The SMILES string of the molecule is COC(=O)c1cc2c3ccccc3n(Cc3ccccc3)c2c(CCN[C@H](C(=O)OC)C(C)C)n1. The number of benzene rings is 2. The minimum Gasteiger partial charge on any atom is -0.468 e. The fourth-order valence-electron chi connectivity index (χ4n) is 4.53. The Morgan fingerprint density at radius 3 is 2.37 bits per heavy atom. The highest BCUT2D eigenvalue weighted by Crippen LogP contribution is 2.32. The number of methoxy groups -OCH3 is 2. The number of carbonyl (C=O) groups is 2. The van der Waals surface area contributed by atoms with E-state index in [1.807, 2.05) is 50.2 Å². The van der Waals surface area contributed by atoms with Gasteiger partial charge < -0.3 is 19.4 Å². The van der Waals surface area contributed by atoms with Gasteiger partial charge in [0.25, 0.3) is 0 Å². The van der Waals surface area contributed by atoms with Crippen molar-refractivity contribution in [3.8, 4) is 0 Å². The molecule has 0 amide bonds. The molecule has 4 aromatic rings. The number of carbonyl (C=O) groups excluding carboxylic acids is 2. The molecule has 0 radical (unpaired) electrons. The molecule has 0 aliphatic rings. The van der Waals surface area contributed by atoms with Gasteiger partial charge in [-0.05, 0) is 23.6 Å². The quantitative estimate of drug-likeness (QED) is 0.364. The second-order valence-electron chi connectivity index (χ2n) is 8.88.